The second-order valence-corrected chi connectivity index (χ2v) is 10.6. The molecule has 1 amide bonds. The largest absolute Gasteiger partial charge is 0.454 e. The average molecular weight is 577 g/mol. The fourth-order valence-corrected chi connectivity index (χ4v) is 5.51. The number of halogens is 1. The Morgan fingerprint density at radius 2 is 1.68 bits per heavy atom. The standard InChI is InChI=1S/C28H29ClN8O4/c29-19-2-4-20(5-3-19)37-26(30)24-25(18-1-6-21-22(15-18)41-17-40-21)31-28(32-27(24)33-37)36-9-7-34(8-10-36)16-23(38)35-11-13-39-14-12-35/h1-6,15H,7-14,16-17,30H2. The van der Waals surface area contributed by atoms with Crippen molar-refractivity contribution < 1.29 is 19.0 Å². The van der Waals surface area contributed by atoms with Crippen molar-refractivity contribution in [3.8, 4) is 28.4 Å². The summed E-state index contributed by atoms with van der Waals surface area (Å²) in [5.74, 6) is 2.47. The minimum Gasteiger partial charge on any atom is -0.454 e. The summed E-state index contributed by atoms with van der Waals surface area (Å²) < 4.78 is 18.2. The van der Waals surface area contributed by atoms with Crippen LogP contribution in [0.15, 0.2) is 42.5 Å². The Balaban J connectivity index is 1.20. The molecule has 12 nitrogen and oxygen atoms in total. The van der Waals surface area contributed by atoms with E-state index in [1.54, 1.807) is 16.8 Å². The normalized spacial score (nSPS) is 17.4. The number of fused-ring (bicyclic) bond motifs is 2. The van der Waals surface area contributed by atoms with Crippen LogP contribution in [-0.2, 0) is 9.53 Å². The number of ether oxygens (including phenoxy) is 3. The molecule has 2 aromatic carbocycles. The van der Waals surface area contributed by atoms with Gasteiger partial charge in [0, 0.05) is 49.9 Å². The third-order valence-corrected chi connectivity index (χ3v) is 7.90. The van der Waals surface area contributed by atoms with Crippen molar-refractivity contribution >= 4 is 40.3 Å². The van der Waals surface area contributed by atoms with Crippen LogP contribution >= 0.6 is 11.6 Å². The van der Waals surface area contributed by atoms with Crippen molar-refractivity contribution in [3.05, 3.63) is 47.5 Å². The van der Waals surface area contributed by atoms with E-state index in [9.17, 15) is 4.79 Å². The minimum atomic E-state index is 0.146. The summed E-state index contributed by atoms with van der Waals surface area (Å²) in [6.45, 7) is 5.88. The SMILES string of the molecule is Nc1c2c(-c3ccc4c(c3)OCO4)nc(N3CCN(CC(=O)N4CCOCC4)CC3)nc2nn1-c1ccc(Cl)cc1. The Bertz CT molecular complexity index is 1600. The Labute approximate surface area is 241 Å². The van der Waals surface area contributed by atoms with E-state index in [0.717, 1.165) is 24.3 Å². The molecule has 0 unspecified atom stereocenters. The topological polar surface area (TPSA) is 124 Å². The molecule has 0 atom stereocenters. The summed E-state index contributed by atoms with van der Waals surface area (Å²) in [5, 5.41) is 6.05. The van der Waals surface area contributed by atoms with Crippen LogP contribution in [0.2, 0.25) is 5.02 Å². The van der Waals surface area contributed by atoms with Crippen LogP contribution in [0.4, 0.5) is 11.8 Å². The van der Waals surface area contributed by atoms with Crippen LogP contribution in [0.1, 0.15) is 0 Å². The van der Waals surface area contributed by atoms with Crippen molar-refractivity contribution in [1.29, 1.82) is 0 Å². The molecular formula is C28H29ClN8O4. The second kappa shape index (κ2) is 10.7. The fraction of sp³-hybridized carbons (Fsp3) is 0.357. The number of amides is 1. The van der Waals surface area contributed by atoms with Crippen LogP contribution in [0, 0.1) is 0 Å². The number of hydrogen-bond acceptors (Lipinski definition) is 10. The molecule has 3 aliphatic rings. The smallest absolute Gasteiger partial charge is 0.236 e. The van der Waals surface area contributed by atoms with Gasteiger partial charge in [-0.15, -0.1) is 5.10 Å². The molecule has 13 heteroatoms. The number of piperazine rings is 1. The summed E-state index contributed by atoms with van der Waals surface area (Å²) in [4.78, 5) is 28.8. The third-order valence-electron chi connectivity index (χ3n) is 7.65. The summed E-state index contributed by atoms with van der Waals surface area (Å²) in [7, 11) is 0. The number of nitrogen functional groups attached to an aromatic ring is 1. The average Bonchev–Trinajstić information content (AvgIpc) is 3.62. The van der Waals surface area contributed by atoms with Crippen molar-refractivity contribution in [2.45, 2.75) is 0 Å². The van der Waals surface area contributed by atoms with Crippen molar-refractivity contribution in [2.24, 2.45) is 0 Å². The number of morpholine rings is 1. The van der Waals surface area contributed by atoms with Gasteiger partial charge in [0.1, 0.15) is 5.82 Å². The molecule has 41 heavy (non-hydrogen) atoms. The highest BCUT2D eigenvalue weighted by molar-refractivity contribution is 6.30. The molecule has 0 spiro atoms. The van der Waals surface area contributed by atoms with E-state index in [4.69, 9.17) is 46.6 Å². The van der Waals surface area contributed by atoms with Crippen molar-refractivity contribution in [1.82, 2.24) is 29.5 Å². The molecule has 0 saturated carbocycles. The van der Waals surface area contributed by atoms with Gasteiger partial charge in [0.2, 0.25) is 18.6 Å². The van der Waals surface area contributed by atoms with E-state index in [0.29, 0.717) is 91.0 Å². The molecular weight excluding hydrogens is 548 g/mol. The maximum Gasteiger partial charge on any atom is 0.236 e. The van der Waals surface area contributed by atoms with E-state index in [2.05, 4.69) is 9.80 Å². The number of anilines is 2. The first-order valence-corrected chi connectivity index (χ1v) is 14.0. The minimum absolute atomic E-state index is 0.146. The van der Waals surface area contributed by atoms with Crippen molar-refractivity contribution in [3.63, 3.8) is 0 Å². The molecule has 7 rings (SSSR count). The highest BCUT2D eigenvalue weighted by Crippen LogP contribution is 2.39. The number of nitrogens with two attached hydrogens (primary N) is 1. The Morgan fingerprint density at radius 1 is 0.927 bits per heavy atom. The van der Waals surface area contributed by atoms with Gasteiger partial charge in [-0.1, -0.05) is 11.6 Å². The second-order valence-electron chi connectivity index (χ2n) is 10.2. The van der Waals surface area contributed by atoms with Gasteiger partial charge in [0.15, 0.2) is 17.1 Å². The monoisotopic (exact) mass is 576 g/mol. The lowest BCUT2D eigenvalue weighted by Gasteiger charge is -2.36. The maximum atomic E-state index is 12.8. The van der Waals surface area contributed by atoms with Gasteiger partial charge < -0.3 is 29.7 Å². The lowest BCUT2D eigenvalue weighted by atomic mass is 10.1. The predicted molar refractivity (Wildman–Crippen MR) is 154 cm³/mol. The van der Waals surface area contributed by atoms with E-state index in [1.807, 2.05) is 35.2 Å². The van der Waals surface area contributed by atoms with Gasteiger partial charge in [-0.25, -0.2) is 9.67 Å². The van der Waals surface area contributed by atoms with Crippen LogP contribution in [-0.4, -0.2) is 101 Å². The highest BCUT2D eigenvalue weighted by atomic mass is 35.5. The zero-order valence-corrected chi connectivity index (χ0v) is 23.1. The fourth-order valence-electron chi connectivity index (χ4n) is 5.38. The van der Waals surface area contributed by atoms with Gasteiger partial charge >= 0.3 is 0 Å². The van der Waals surface area contributed by atoms with Gasteiger partial charge in [-0.05, 0) is 42.5 Å². The summed E-state index contributed by atoms with van der Waals surface area (Å²) in [6.07, 6.45) is 0. The number of hydrogen-bond donors (Lipinski definition) is 1. The van der Waals surface area contributed by atoms with Crippen LogP contribution < -0.4 is 20.1 Å². The molecule has 0 aliphatic carbocycles. The first kappa shape index (κ1) is 25.8. The zero-order valence-electron chi connectivity index (χ0n) is 22.3. The predicted octanol–water partition coefficient (Wildman–Crippen LogP) is 2.43. The lowest BCUT2D eigenvalue weighted by Crippen LogP contribution is -2.51. The summed E-state index contributed by atoms with van der Waals surface area (Å²) >= 11 is 6.11. The molecule has 2 saturated heterocycles. The Morgan fingerprint density at radius 3 is 2.46 bits per heavy atom. The maximum absolute atomic E-state index is 12.8. The van der Waals surface area contributed by atoms with E-state index in [1.165, 1.54) is 0 Å². The number of benzene rings is 2. The summed E-state index contributed by atoms with van der Waals surface area (Å²) in [5.41, 5.74) is 9.41. The molecule has 2 N–H and O–H groups in total. The quantitative estimate of drug-likeness (QED) is 0.379. The number of nitrogens with zero attached hydrogens (tertiary/aromatic N) is 7. The Hall–Kier alpha value is -4.13. The van der Waals surface area contributed by atoms with Crippen molar-refractivity contribution in [2.75, 3.05) is 76.5 Å². The molecule has 212 valence electrons. The molecule has 5 heterocycles. The van der Waals surface area contributed by atoms with Gasteiger partial charge in [0.05, 0.1) is 36.5 Å². The molecule has 4 aromatic rings. The van der Waals surface area contributed by atoms with E-state index in [-0.39, 0.29) is 12.7 Å². The molecule has 3 aliphatic heterocycles. The molecule has 2 aromatic heterocycles. The number of rotatable bonds is 5. The van der Waals surface area contributed by atoms with Crippen LogP contribution in [0.5, 0.6) is 11.5 Å². The van der Waals surface area contributed by atoms with Crippen LogP contribution in [0.3, 0.4) is 0 Å². The number of carbonyl (C=O) groups excluding carboxylic acids is 1. The number of carbonyl (C=O) groups is 1. The third kappa shape index (κ3) is 4.98. The lowest BCUT2D eigenvalue weighted by molar-refractivity contribution is -0.136. The number of aromatic nitrogens is 4. The van der Waals surface area contributed by atoms with Crippen LogP contribution in [0.25, 0.3) is 28.0 Å². The summed E-state index contributed by atoms with van der Waals surface area (Å²) in [6, 6.07) is 13.0. The Kier molecular flexibility index (Phi) is 6.73. The van der Waals surface area contributed by atoms with E-state index < -0.39 is 0 Å². The molecule has 0 radical (unpaired) electrons. The zero-order chi connectivity index (χ0) is 27.9. The van der Waals surface area contributed by atoms with E-state index >= 15 is 0 Å². The first-order valence-electron chi connectivity index (χ1n) is 13.6. The molecule has 0 bridgehead atoms. The first-order chi connectivity index (χ1) is 20.0. The van der Waals surface area contributed by atoms with Gasteiger partial charge in [-0.2, -0.15) is 4.98 Å². The molecule has 2 fully saturated rings. The van der Waals surface area contributed by atoms with Gasteiger partial charge in [-0.3, -0.25) is 9.69 Å². The van der Waals surface area contributed by atoms with Gasteiger partial charge in [0.25, 0.3) is 0 Å². The highest BCUT2D eigenvalue weighted by Gasteiger charge is 2.27.